The van der Waals surface area contributed by atoms with Crippen LogP contribution in [-0.2, 0) is 10.0 Å². The maximum atomic E-state index is 12.5. The van der Waals surface area contributed by atoms with Crippen LogP contribution >= 0.6 is 11.8 Å². The predicted octanol–water partition coefficient (Wildman–Crippen LogP) is 4.29. The molecule has 1 saturated carbocycles. The van der Waals surface area contributed by atoms with Gasteiger partial charge in [-0.2, -0.15) is 11.8 Å². The Labute approximate surface area is 182 Å². The Bertz CT molecular complexity index is 923. The van der Waals surface area contributed by atoms with Crippen LogP contribution in [-0.4, -0.2) is 39.0 Å². The molecule has 0 unspecified atom stereocenters. The van der Waals surface area contributed by atoms with Crippen LogP contribution in [0.3, 0.4) is 0 Å². The van der Waals surface area contributed by atoms with Crippen LogP contribution in [0.25, 0.3) is 0 Å². The molecule has 1 fully saturated rings. The fraction of sp³-hybridized carbons (Fsp3) is 0.409. The lowest BCUT2D eigenvalue weighted by Gasteiger charge is -2.20. The fourth-order valence-corrected chi connectivity index (χ4v) is 5.66. The molecule has 0 heterocycles. The summed E-state index contributed by atoms with van der Waals surface area (Å²) in [6, 6.07) is 12.6. The third-order valence-electron chi connectivity index (χ3n) is 5.06. The van der Waals surface area contributed by atoms with Gasteiger partial charge in [0, 0.05) is 28.8 Å². The first-order chi connectivity index (χ1) is 14.5. The van der Waals surface area contributed by atoms with Crippen molar-refractivity contribution < 1.29 is 17.9 Å². The van der Waals surface area contributed by atoms with Crippen molar-refractivity contribution in [2.45, 2.75) is 42.2 Å². The normalized spacial score (nSPS) is 14.8. The van der Waals surface area contributed by atoms with E-state index in [0.29, 0.717) is 23.5 Å². The molecule has 0 radical (unpaired) electrons. The summed E-state index contributed by atoms with van der Waals surface area (Å²) >= 11 is 1.94. The van der Waals surface area contributed by atoms with Crippen molar-refractivity contribution in [3.05, 3.63) is 54.1 Å². The number of benzene rings is 2. The van der Waals surface area contributed by atoms with E-state index in [1.807, 2.05) is 11.8 Å². The molecule has 1 aliphatic rings. The summed E-state index contributed by atoms with van der Waals surface area (Å²) in [6.07, 6.45) is 6.55. The van der Waals surface area contributed by atoms with Gasteiger partial charge in [0.2, 0.25) is 0 Å². The number of methoxy groups -OCH3 is 1. The molecule has 0 spiro atoms. The summed E-state index contributed by atoms with van der Waals surface area (Å²) < 4.78 is 32.6. The van der Waals surface area contributed by atoms with Gasteiger partial charge in [-0.25, -0.2) is 8.42 Å². The summed E-state index contributed by atoms with van der Waals surface area (Å²) in [5.74, 6) is 1.35. The molecule has 0 atom stereocenters. The first-order valence-corrected chi connectivity index (χ1v) is 12.7. The molecular formula is C22H28N2O4S2. The van der Waals surface area contributed by atoms with E-state index in [-0.39, 0.29) is 10.8 Å². The van der Waals surface area contributed by atoms with E-state index in [1.54, 1.807) is 36.4 Å². The number of carbonyl (C=O) groups excluding carboxylic acids is 1. The summed E-state index contributed by atoms with van der Waals surface area (Å²) in [6.45, 7) is 0.631. The van der Waals surface area contributed by atoms with Crippen molar-refractivity contribution in [1.29, 1.82) is 0 Å². The highest BCUT2D eigenvalue weighted by atomic mass is 32.2. The number of carbonyl (C=O) groups is 1. The summed E-state index contributed by atoms with van der Waals surface area (Å²) in [4.78, 5) is 12.4. The molecule has 162 valence electrons. The Hall–Kier alpha value is -2.19. The van der Waals surface area contributed by atoms with Crippen LogP contribution < -0.4 is 14.8 Å². The molecule has 2 aromatic rings. The van der Waals surface area contributed by atoms with Gasteiger partial charge in [0.1, 0.15) is 5.75 Å². The molecule has 0 saturated heterocycles. The van der Waals surface area contributed by atoms with E-state index in [9.17, 15) is 13.2 Å². The number of amides is 1. The molecule has 2 aromatic carbocycles. The lowest BCUT2D eigenvalue weighted by Crippen LogP contribution is -2.26. The number of anilines is 1. The van der Waals surface area contributed by atoms with Crippen molar-refractivity contribution in [2.24, 2.45) is 0 Å². The Kier molecular flexibility index (Phi) is 8.04. The van der Waals surface area contributed by atoms with Crippen molar-refractivity contribution in [2.75, 3.05) is 24.1 Å². The summed E-state index contributed by atoms with van der Waals surface area (Å²) in [7, 11) is -2.19. The molecule has 0 bridgehead atoms. The zero-order chi connectivity index (χ0) is 21.4. The van der Waals surface area contributed by atoms with Gasteiger partial charge in [-0.15, -0.1) is 0 Å². The van der Waals surface area contributed by atoms with E-state index in [1.165, 1.54) is 51.3 Å². The summed E-state index contributed by atoms with van der Waals surface area (Å²) in [5.41, 5.74) is 0.903. The Balaban J connectivity index is 1.49. The zero-order valence-corrected chi connectivity index (χ0v) is 18.7. The number of hydrogen-bond acceptors (Lipinski definition) is 5. The lowest BCUT2D eigenvalue weighted by molar-refractivity contribution is 0.0956. The van der Waals surface area contributed by atoms with Crippen molar-refractivity contribution in [1.82, 2.24) is 5.32 Å². The minimum absolute atomic E-state index is 0.139. The van der Waals surface area contributed by atoms with Crippen molar-refractivity contribution >= 4 is 33.4 Å². The maximum absolute atomic E-state index is 12.5. The van der Waals surface area contributed by atoms with Gasteiger partial charge in [0.15, 0.2) is 0 Å². The van der Waals surface area contributed by atoms with Crippen LogP contribution in [0.5, 0.6) is 5.75 Å². The largest absolute Gasteiger partial charge is 0.497 e. The SMILES string of the molecule is COc1ccc(S(=O)(=O)Nc2ccc(C(=O)NCCSC3CCCCC3)cc2)cc1. The second-order valence-electron chi connectivity index (χ2n) is 7.25. The Morgan fingerprint density at radius 3 is 2.33 bits per heavy atom. The molecule has 6 nitrogen and oxygen atoms in total. The maximum Gasteiger partial charge on any atom is 0.261 e. The minimum Gasteiger partial charge on any atom is -0.497 e. The number of ether oxygens (including phenoxy) is 1. The number of nitrogens with one attached hydrogen (secondary N) is 2. The Morgan fingerprint density at radius 2 is 1.70 bits per heavy atom. The first kappa shape index (κ1) is 22.5. The molecule has 0 aliphatic heterocycles. The average molecular weight is 449 g/mol. The van der Waals surface area contributed by atoms with E-state index in [0.717, 1.165) is 11.0 Å². The number of rotatable bonds is 9. The van der Waals surface area contributed by atoms with Gasteiger partial charge in [0.25, 0.3) is 15.9 Å². The van der Waals surface area contributed by atoms with Crippen LogP contribution in [0, 0.1) is 0 Å². The van der Waals surface area contributed by atoms with Gasteiger partial charge in [-0.05, 0) is 61.4 Å². The second kappa shape index (κ2) is 10.7. The minimum atomic E-state index is -3.71. The van der Waals surface area contributed by atoms with Crippen LogP contribution in [0.2, 0.25) is 0 Å². The van der Waals surface area contributed by atoms with Gasteiger partial charge in [0.05, 0.1) is 12.0 Å². The predicted molar refractivity (Wildman–Crippen MR) is 122 cm³/mol. The molecule has 8 heteroatoms. The third-order valence-corrected chi connectivity index (χ3v) is 7.84. The highest BCUT2D eigenvalue weighted by Crippen LogP contribution is 2.27. The summed E-state index contributed by atoms with van der Waals surface area (Å²) in [5, 5.41) is 3.66. The molecule has 2 N–H and O–H groups in total. The van der Waals surface area contributed by atoms with E-state index in [2.05, 4.69) is 10.0 Å². The van der Waals surface area contributed by atoms with E-state index < -0.39 is 10.0 Å². The first-order valence-electron chi connectivity index (χ1n) is 10.1. The monoisotopic (exact) mass is 448 g/mol. The Morgan fingerprint density at radius 1 is 1.03 bits per heavy atom. The smallest absolute Gasteiger partial charge is 0.261 e. The van der Waals surface area contributed by atoms with Crippen LogP contribution in [0.15, 0.2) is 53.4 Å². The topological polar surface area (TPSA) is 84.5 Å². The fourth-order valence-electron chi connectivity index (χ4n) is 3.38. The molecule has 30 heavy (non-hydrogen) atoms. The van der Waals surface area contributed by atoms with Crippen molar-refractivity contribution in [3.8, 4) is 5.75 Å². The molecular weight excluding hydrogens is 420 g/mol. The second-order valence-corrected chi connectivity index (χ2v) is 10.3. The van der Waals surface area contributed by atoms with E-state index >= 15 is 0 Å². The average Bonchev–Trinajstić information content (AvgIpc) is 2.77. The molecule has 0 aromatic heterocycles. The quantitative estimate of drug-likeness (QED) is 0.559. The molecule has 1 amide bonds. The third kappa shape index (κ3) is 6.40. The highest BCUT2D eigenvalue weighted by molar-refractivity contribution is 7.99. The molecule has 3 rings (SSSR count). The lowest BCUT2D eigenvalue weighted by atomic mass is 10.0. The zero-order valence-electron chi connectivity index (χ0n) is 17.1. The number of hydrogen-bond donors (Lipinski definition) is 2. The van der Waals surface area contributed by atoms with Gasteiger partial charge < -0.3 is 10.1 Å². The van der Waals surface area contributed by atoms with Gasteiger partial charge >= 0.3 is 0 Å². The van der Waals surface area contributed by atoms with Gasteiger partial charge in [-0.3, -0.25) is 9.52 Å². The van der Waals surface area contributed by atoms with Crippen LogP contribution in [0.4, 0.5) is 5.69 Å². The van der Waals surface area contributed by atoms with Gasteiger partial charge in [-0.1, -0.05) is 19.3 Å². The number of thioether (sulfide) groups is 1. The van der Waals surface area contributed by atoms with Crippen LogP contribution in [0.1, 0.15) is 42.5 Å². The standard InChI is InChI=1S/C22H28N2O4S2/c1-28-19-11-13-21(14-12-19)30(26,27)24-18-9-7-17(8-10-18)22(25)23-15-16-29-20-5-3-2-4-6-20/h7-14,20,24H,2-6,15-16H2,1H3,(H,23,25). The highest BCUT2D eigenvalue weighted by Gasteiger charge is 2.15. The number of sulfonamides is 1. The molecule has 1 aliphatic carbocycles. The van der Waals surface area contributed by atoms with E-state index in [4.69, 9.17) is 4.74 Å². The van der Waals surface area contributed by atoms with Crippen molar-refractivity contribution in [3.63, 3.8) is 0 Å².